The first-order valence-electron chi connectivity index (χ1n) is 12.2. The lowest BCUT2D eigenvalue weighted by atomic mass is 9.93. The third kappa shape index (κ3) is 4.43. The van der Waals surface area contributed by atoms with Crippen LogP contribution in [-0.2, 0) is 17.8 Å². The quantitative estimate of drug-likeness (QED) is 0.513. The van der Waals surface area contributed by atoms with Gasteiger partial charge >= 0.3 is 0 Å². The van der Waals surface area contributed by atoms with Crippen molar-refractivity contribution >= 4 is 11.6 Å². The first-order chi connectivity index (χ1) is 16.4. The summed E-state index contributed by atoms with van der Waals surface area (Å²) in [7, 11) is 0. The summed E-state index contributed by atoms with van der Waals surface area (Å²) in [5, 5.41) is 6.71. The molecule has 5 rings (SSSR count). The third-order valence-electron chi connectivity index (χ3n) is 7.37. The molecule has 0 aromatic heterocycles. The number of hydrogen-bond acceptors (Lipinski definition) is 3. The molecule has 34 heavy (non-hydrogen) atoms. The summed E-state index contributed by atoms with van der Waals surface area (Å²) in [5.74, 6) is 0.0733. The Labute approximate surface area is 202 Å². The lowest BCUT2D eigenvalue weighted by Gasteiger charge is -2.30. The highest BCUT2D eigenvalue weighted by Gasteiger charge is 2.35. The van der Waals surface area contributed by atoms with Gasteiger partial charge in [-0.2, -0.15) is 5.10 Å². The van der Waals surface area contributed by atoms with Crippen molar-refractivity contribution in [2.45, 2.75) is 53.1 Å². The van der Waals surface area contributed by atoms with Crippen molar-refractivity contribution < 1.29 is 4.79 Å². The zero-order valence-electron chi connectivity index (χ0n) is 20.6. The van der Waals surface area contributed by atoms with Gasteiger partial charge in [0.05, 0.1) is 18.3 Å². The molecule has 4 heteroatoms. The van der Waals surface area contributed by atoms with Crippen molar-refractivity contribution in [3.8, 4) is 0 Å². The zero-order valence-corrected chi connectivity index (χ0v) is 20.6. The van der Waals surface area contributed by atoms with Gasteiger partial charge in [0.25, 0.3) is 5.91 Å². The van der Waals surface area contributed by atoms with E-state index >= 15 is 0 Å². The Bertz CT molecular complexity index is 1280. The second-order valence-electron chi connectivity index (χ2n) is 9.89. The van der Waals surface area contributed by atoms with Crippen LogP contribution >= 0.6 is 0 Å². The lowest BCUT2D eigenvalue weighted by molar-refractivity contribution is -0.134. The maximum absolute atomic E-state index is 13.7. The Kier molecular flexibility index (Phi) is 6.09. The summed E-state index contributed by atoms with van der Waals surface area (Å²) >= 11 is 0. The largest absolute Gasteiger partial charge is 0.290 e. The molecule has 2 aliphatic heterocycles. The van der Waals surface area contributed by atoms with Crippen LogP contribution in [-0.4, -0.2) is 34.6 Å². The molecule has 0 saturated heterocycles. The standard InChI is InChI=1S/C30H33N3O/c1-20-9-10-22(3)27(15-20)29-17-28(25-12-11-21(2)23(4)16-25)31-33(29)30(34)19-32-14-13-24-7-5-6-8-26(24)18-32/h5-12,15-16,29H,13-14,17-19H2,1-4H3. The Morgan fingerprint density at radius 3 is 2.47 bits per heavy atom. The molecule has 0 saturated carbocycles. The number of hydrazone groups is 1. The summed E-state index contributed by atoms with van der Waals surface area (Å²) in [4.78, 5) is 15.9. The van der Waals surface area contributed by atoms with Crippen LogP contribution in [0.25, 0.3) is 0 Å². The van der Waals surface area contributed by atoms with E-state index in [1.807, 2.05) is 0 Å². The molecule has 2 aliphatic rings. The van der Waals surface area contributed by atoms with Crippen LogP contribution in [0.2, 0.25) is 0 Å². The van der Waals surface area contributed by atoms with Crippen molar-refractivity contribution in [1.29, 1.82) is 0 Å². The molecule has 1 atom stereocenters. The number of nitrogens with zero attached hydrogens (tertiary/aromatic N) is 3. The van der Waals surface area contributed by atoms with E-state index < -0.39 is 0 Å². The molecule has 3 aromatic rings. The maximum atomic E-state index is 13.7. The highest BCUT2D eigenvalue weighted by Crippen LogP contribution is 2.35. The molecule has 0 aliphatic carbocycles. The summed E-state index contributed by atoms with van der Waals surface area (Å²) < 4.78 is 0. The average molecular weight is 452 g/mol. The van der Waals surface area contributed by atoms with E-state index in [1.54, 1.807) is 5.01 Å². The number of carbonyl (C=O) groups excluding carboxylic acids is 1. The second-order valence-corrected chi connectivity index (χ2v) is 9.89. The van der Waals surface area contributed by atoms with E-state index in [1.165, 1.54) is 38.9 Å². The average Bonchev–Trinajstić information content (AvgIpc) is 3.28. The Morgan fingerprint density at radius 1 is 0.912 bits per heavy atom. The molecule has 4 nitrogen and oxygen atoms in total. The van der Waals surface area contributed by atoms with E-state index in [2.05, 4.69) is 93.3 Å². The van der Waals surface area contributed by atoms with Crippen LogP contribution in [0, 0.1) is 27.7 Å². The van der Waals surface area contributed by atoms with Gasteiger partial charge in [-0.3, -0.25) is 9.69 Å². The van der Waals surface area contributed by atoms with E-state index in [9.17, 15) is 4.79 Å². The minimum atomic E-state index is -0.0684. The molecule has 0 spiro atoms. The fraction of sp³-hybridized carbons (Fsp3) is 0.333. The molecule has 0 radical (unpaired) electrons. The number of fused-ring (bicyclic) bond motifs is 1. The zero-order chi connectivity index (χ0) is 23.8. The lowest BCUT2D eigenvalue weighted by Crippen LogP contribution is -2.40. The maximum Gasteiger partial charge on any atom is 0.257 e. The molecule has 0 bridgehead atoms. The second kappa shape index (κ2) is 9.19. The number of hydrogen-bond donors (Lipinski definition) is 0. The van der Waals surface area contributed by atoms with Gasteiger partial charge in [0, 0.05) is 19.5 Å². The van der Waals surface area contributed by atoms with E-state index in [-0.39, 0.29) is 11.9 Å². The molecule has 0 fully saturated rings. The fourth-order valence-corrected chi connectivity index (χ4v) is 5.15. The Balaban J connectivity index is 1.44. The Hall–Kier alpha value is -3.24. The van der Waals surface area contributed by atoms with E-state index in [0.717, 1.165) is 37.2 Å². The molecule has 2 heterocycles. The van der Waals surface area contributed by atoms with Gasteiger partial charge < -0.3 is 0 Å². The smallest absolute Gasteiger partial charge is 0.257 e. The first kappa shape index (κ1) is 22.5. The van der Waals surface area contributed by atoms with Gasteiger partial charge in [-0.1, -0.05) is 60.2 Å². The van der Waals surface area contributed by atoms with E-state index in [0.29, 0.717) is 6.54 Å². The third-order valence-corrected chi connectivity index (χ3v) is 7.37. The van der Waals surface area contributed by atoms with Gasteiger partial charge in [0.15, 0.2) is 0 Å². The van der Waals surface area contributed by atoms with Crippen molar-refractivity contribution in [3.63, 3.8) is 0 Å². The summed E-state index contributed by atoms with van der Waals surface area (Å²) in [6.07, 6.45) is 1.72. The van der Waals surface area contributed by atoms with Crippen molar-refractivity contribution in [3.05, 3.63) is 105 Å². The van der Waals surface area contributed by atoms with E-state index in [4.69, 9.17) is 5.10 Å². The van der Waals surface area contributed by atoms with Gasteiger partial charge in [-0.25, -0.2) is 5.01 Å². The number of carbonyl (C=O) groups is 1. The van der Waals surface area contributed by atoms with Crippen LogP contribution in [0.4, 0.5) is 0 Å². The summed E-state index contributed by atoms with van der Waals surface area (Å²) in [5.41, 5.74) is 11.0. The van der Waals surface area contributed by atoms with Gasteiger partial charge in [-0.15, -0.1) is 0 Å². The van der Waals surface area contributed by atoms with Crippen LogP contribution in [0.1, 0.15) is 57.0 Å². The van der Waals surface area contributed by atoms with Gasteiger partial charge in [0.1, 0.15) is 0 Å². The predicted molar refractivity (Wildman–Crippen MR) is 138 cm³/mol. The van der Waals surface area contributed by atoms with Crippen molar-refractivity contribution in [2.75, 3.05) is 13.1 Å². The summed E-state index contributed by atoms with van der Waals surface area (Å²) in [6.45, 7) is 10.6. The minimum absolute atomic E-state index is 0.0684. The van der Waals surface area contributed by atoms with Crippen LogP contribution < -0.4 is 0 Å². The monoisotopic (exact) mass is 451 g/mol. The molecular weight excluding hydrogens is 418 g/mol. The SMILES string of the molecule is Cc1ccc(C)c(C2CC(c3ccc(C)c(C)c3)=NN2C(=O)CN2CCc3ccccc3C2)c1. The van der Waals surface area contributed by atoms with Crippen LogP contribution in [0.5, 0.6) is 0 Å². The fourth-order valence-electron chi connectivity index (χ4n) is 5.15. The molecule has 174 valence electrons. The number of aryl methyl sites for hydroxylation is 4. The van der Waals surface area contributed by atoms with Gasteiger partial charge in [0.2, 0.25) is 0 Å². The molecule has 0 N–H and O–H groups in total. The predicted octanol–water partition coefficient (Wildman–Crippen LogP) is 5.66. The minimum Gasteiger partial charge on any atom is -0.290 e. The normalized spacial score (nSPS) is 18.1. The highest BCUT2D eigenvalue weighted by atomic mass is 16.2. The molecule has 1 amide bonds. The van der Waals surface area contributed by atoms with Crippen LogP contribution in [0.3, 0.4) is 0 Å². The number of amides is 1. The van der Waals surface area contributed by atoms with Crippen molar-refractivity contribution in [2.24, 2.45) is 5.10 Å². The number of benzene rings is 3. The van der Waals surface area contributed by atoms with Crippen LogP contribution in [0.15, 0.2) is 65.8 Å². The van der Waals surface area contributed by atoms with Crippen molar-refractivity contribution in [1.82, 2.24) is 9.91 Å². The number of rotatable bonds is 4. The van der Waals surface area contributed by atoms with Gasteiger partial charge in [-0.05, 0) is 79.1 Å². The first-order valence-corrected chi connectivity index (χ1v) is 12.2. The topological polar surface area (TPSA) is 35.9 Å². The molecular formula is C30H33N3O. The molecule has 3 aromatic carbocycles. The highest BCUT2D eigenvalue weighted by molar-refractivity contribution is 6.03. The molecule has 1 unspecified atom stereocenters. The summed E-state index contributed by atoms with van der Waals surface area (Å²) in [6, 6.07) is 21.5. The Morgan fingerprint density at radius 2 is 1.68 bits per heavy atom.